The van der Waals surface area contributed by atoms with Crippen LogP contribution in [0.5, 0.6) is 0 Å². The van der Waals surface area contributed by atoms with E-state index in [1.54, 1.807) is 0 Å². The number of pyridine rings is 2. The molecule has 2 aromatic carbocycles. The van der Waals surface area contributed by atoms with Gasteiger partial charge in [-0.25, -0.2) is 4.98 Å². The molecule has 4 rings (SSSR count). The molecule has 2 heterocycles. The molecule has 0 aliphatic rings. The van der Waals surface area contributed by atoms with Crippen molar-refractivity contribution in [3.63, 3.8) is 0 Å². The zero-order valence-electron chi connectivity index (χ0n) is 18.4. The molecular formula is C26H30N4O. The van der Waals surface area contributed by atoms with E-state index in [1.807, 2.05) is 13.1 Å². The van der Waals surface area contributed by atoms with Crippen molar-refractivity contribution in [1.82, 2.24) is 15.3 Å². The summed E-state index contributed by atoms with van der Waals surface area (Å²) in [5, 5.41) is 14.8. The molecule has 160 valence electrons. The number of aliphatic hydroxyl groups excluding tert-OH is 1. The number of hydrogen-bond acceptors (Lipinski definition) is 5. The molecule has 0 spiro atoms. The maximum Gasteiger partial charge on any atom is 0.150 e. The van der Waals surface area contributed by atoms with Gasteiger partial charge in [0.2, 0.25) is 0 Å². The van der Waals surface area contributed by atoms with Crippen LogP contribution >= 0.6 is 0 Å². The molecule has 0 fully saturated rings. The van der Waals surface area contributed by atoms with Gasteiger partial charge in [-0.1, -0.05) is 36.4 Å². The van der Waals surface area contributed by atoms with Crippen molar-refractivity contribution < 1.29 is 5.11 Å². The number of aryl methyl sites for hydroxylation is 3. The lowest BCUT2D eigenvalue weighted by atomic mass is 10.00. The number of nitrogens with two attached hydrogens (primary N) is 1. The molecule has 0 aliphatic heterocycles. The predicted octanol–water partition coefficient (Wildman–Crippen LogP) is 4.49. The van der Waals surface area contributed by atoms with Gasteiger partial charge in [-0.05, 0) is 68.0 Å². The van der Waals surface area contributed by atoms with E-state index >= 15 is 0 Å². The van der Waals surface area contributed by atoms with Crippen molar-refractivity contribution in [2.24, 2.45) is 0 Å². The normalized spacial score (nSPS) is 13.5. The summed E-state index contributed by atoms with van der Waals surface area (Å²) in [6.07, 6.45) is 3.77. The van der Waals surface area contributed by atoms with Gasteiger partial charge in [-0.15, -0.1) is 0 Å². The lowest BCUT2D eigenvalue weighted by Gasteiger charge is -2.19. The van der Waals surface area contributed by atoms with Gasteiger partial charge in [0.15, 0.2) is 5.82 Å². The highest BCUT2D eigenvalue weighted by Gasteiger charge is 2.10. The maximum atomic E-state index is 9.23. The van der Waals surface area contributed by atoms with Crippen LogP contribution in [-0.2, 0) is 12.8 Å². The molecule has 0 saturated carbocycles. The summed E-state index contributed by atoms with van der Waals surface area (Å²) in [6.45, 7) is 6.30. The van der Waals surface area contributed by atoms with Crippen LogP contribution in [0.3, 0.4) is 0 Å². The smallest absolute Gasteiger partial charge is 0.150 e. The lowest BCUT2D eigenvalue weighted by molar-refractivity contribution is 0.243. The maximum absolute atomic E-state index is 9.23. The minimum atomic E-state index is 0.0827. The molecule has 4 N–H and O–H groups in total. The fourth-order valence-electron chi connectivity index (χ4n) is 4.04. The number of hydrogen-bond donors (Lipinski definition) is 3. The second-order valence-corrected chi connectivity index (χ2v) is 8.47. The molecule has 5 heteroatoms. The van der Waals surface area contributed by atoms with Gasteiger partial charge in [0.1, 0.15) is 5.52 Å². The number of fused-ring (bicyclic) bond motifs is 3. The summed E-state index contributed by atoms with van der Waals surface area (Å²) in [5.74, 6) is 0.480. The minimum absolute atomic E-state index is 0.0827. The molecule has 5 nitrogen and oxygen atoms in total. The molecule has 2 atom stereocenters. The zero-order chi connectivity index (χ0) is 22.0. The number of aromatic nitrogens is 2. The number of nitrogen functional groups attached to an aromatic ring is 1. The molecule has 31 heavy (non-hydrogen) atoms. The third kappa shape index (κ3) is 4.68. The Labute approximate surface area is 183 Å². The quantitative estimate of drug-likeness (QED) is 0.388. The molecule has 0 amide bonds. The van der Waals surface area contributed by atoms with Crippen molar-refractivity contribution >= 4 is 27.6 Å². The van der Waals surface area contributed by atoms with Crippen LogP contribution in [0.2, 0.25) is 0 Å². The van der Waals surface area contributed by atoms with Gasteiger partial charge < -0.3 is 16.2 Å². The van der Waals surface area contributed by atoms with E-state index in [2.05, 4.69) is 77.7 Å². The van der Waals surface area contributed by atoms with Crippen LogP contribution in [0.25, 0.3) is 21.8 Å². The first-order valence-corrected chi connectivity index (χ1v) is 10.8. The average Bonchev–Trinajstić information content (AvgIpc) is 2.77. The van der Waals surface area contributed by atoms with Crippen LogP contribution in [0, 0.1) is 6.92 Å². The predicted molar refractivity (Wildman–Crippen MR) is 128 cm³/mol. The number of rotatable bonds is 7. The third-order valence-corrected chi connectivity index (χ3v) is 5.86. The van der Waals surface area contributed by atoms with E-state index in [0.717, 1.165) is 34.6 Å². The second-order valence-electron chi connectivity index (χ2n) is 8.47. The highest BCUT2D eigenvalue weighted by Crippen LogP contribution is 2.28. The summed E-state index contributed by atoms with van der Waals surface area (Å²) >= 11 is 0. The number of benzene rings is 2. The summed E-state index contributed by atoms with van der Waals surface area (Å²) in [4.78, 5) is 9.15. The van der Waals surface area contributed by atoms with Crippen LogP contribution in [0.15, 0.2) is 54.7 Å². The van der Waals surface area contributed by atoms with Gasteiger partial charge in [0.05, 0.1) is 12.1 Å². The Morgan fingerprint density at radius 1 is 0.968 bits per heavy atom. The van der Waals surface area contributed by atoms with E-state index in [4.69, 9.17) is 5.73 Å². The van der Waals surface area contributed by atoms with Crippen molar-refractivity contribution in [2.45, 2.75) is 45.7 Å². The second kappa shape index (κ2) is 9.00. The van der Waals surface area contributed by atoms with Crippen molar-refractivity contribution in [3.05, 3.63) is 77.0 Å². The molecule has 2 aromatic heterocycles. The Morgan fingerprint density at radius 2 is 1.71 bits per heavy atom. The summed E-state index contributed by atoms with van der Waals surface area (Å²) < 4.78 is 0. The Balaban J connectivity index is 1.52. The number of nitrogens with zero attached hydrogens (tertiary/aromatic N) is 2. The Hall–Kier alpha value is -3.02. The molecule has 0 radical (unpaired) electrons. The SMILES string of the molecule is Cc1ccc2c(c1)nc(N)c1ncc(CCc3ccc(C(C)N[C@H](C)CO)cc3)cc12. The summed E-state index contributed by atoms with van der Waals surface area (Å²) in [5.41, 5.74) is 12.7. The van der Waals surface area contributed by atoms with E-state index in [1.165, 1.54) is 22.3 Å². The van der Waals surface area contributed by atoms with Crippen LogP contribution < -0.4 is 11.1 Å². The molecule has 0 saturated heterocycles. The number of anilines is 1. The van der Waals surface area contributed by atoms with Crippen molar-refractivity contribution in [2.75, 3.05) is 12.3 Å². The molecule has 0 aliphatic carbocycles. The van der Waals surface area contributed by atoms with E-state index in [-0.39, 0.29) is 18.7 Å². The zero-order valence-corrected chi connectivity index (χ0v) is 18.4. The van der Waals surface area contributed by atoms with E-state index in [9.17, 15) is 5.11 Å². The van der Waals surface area contributed by atoms with Gasteiger partial charge in [-0.2, -0.15) is 0 Å². The van der Waals surface area contributed by atoms with E-state index in [0.29, 0.717) is 5.82 Å². The van der Waals surface area contributed by atoms with Gasteiger partial charge in [0, 0.05) is 29.1 Å². The monoisotopic (exact) mass is 414 g/mol. The molecule has 1 unspecified atom stereocenters. The number of nitrogens with one attached hydrogen (secondary N) is 1. The largest absolute Gasteiger partial charge is 0.395 e. The minimum Gasteiger partial charge on any atom is -0.395 e. The topological polar surface area (TPSA) is 84.1 Å². The van der Waals surface area contributed by atoms with Crippen molar-refractivity contribution in [3.8, 4) is 0 Å². The lowest BCUT2D eigenvalue weighted by Crippen LogP contribution is -2.31. The Bertz CT molecular complexity index is 1200. The first kappa shape index (κ1) is 21.2. The average molecular weight is 415 g/mol. The fraction of sp³-hybridized carbons (Fsp3) is 0.308. The molecule has 4 aromatic rings. The number of aliphatic hydroxyl groups is 1. The summed E-state index contributed by atoms with van der Waals surface area (Å²) in [6, 6.07) is 17.5. The van der Waals surface area contributed by atoms with Crippen molar-refractivity contribution in [1.29, 1.82) is 0 Å². The van der Waals surface area contributed by atoms with E-state index < -0.39 is 0 Å². The summed E-state index contributed by atoms with van der Waals surface area (Å²) in [7, 11) is 0. The molecule has 0 bridgehead atoms. The first-order valence-electron chi connectivity index (χ1n) is 10.8. The molecular weight excluding hydrogens is 384 g/mol. The Kier molecular flexibility index (Phi) is 6.16. The Morgan fingerprint density at radius 3 is 2.45 bits per heavy atom. The van der Waals surface area contributed by atoms with Crippen LogP contribution in [0.4, 0.5) is 5.82 Å². The first-order chi connectivity index (χ1) is 14.9. The van der Waals surface area contributed by atoms with Gasteiger partial charge >= 0.3 is 0 Å². The standard InChI is InChI=1S/C26H30N4O/c1-16-4-11-22-23-13-20(14-28-25(23)26(27)30-24(22)12-16)6-5-19-7-9-21(10-8-19)18(3)29-17(2)15-31/h4,7-14,17-18,29,31H,5-6,15H2,1-3H3,(H2,27,30)/t17-,18?/m1/s1. The highest BCUT2D eigenvalue weighted by atomic mass is 16.3. The van der Waals surface area contributed by atoms with Gasteiger partial charge in [0.25, 0.3) is 0 Å². The third-order valence-electron chi connectivity index (χ3n) is 5.86. The van der Waals surface area contributed by atoms with Crippen LogP contribution in [-0.4, -0.2) is 27.7 Å². The fourth-order valence-corrected chi connectivity index (χ4v) is 4.04. The highest BCUT2D eigenvalue weighted by molar-refractivity contribution is 6.08. The van der Waals surface area contributed by atoms with Gasteiger partial charge in [-0.3, -0.25) is 4.98 Å². The van der Waals surface area contributed by atoms with Crippen LogP contribution in [0.1, 0.15) is 42.1 Å².